The van der Waals surface area contributed by atoms with Crippen LogP contribution in [-0.4, -0.2) is 190 Å². The number of rotatable bonds is 24. The third kappa shape index (κ3) is 28.1. The normalized spacial score (nSPS) is 14.5. The van der Waals surface area contributed by atoms with Gasteiger partial charge in [-0.25, -0.2) is 44.9 Å². The smallest absolute Gasteiger partial charge is 0.229 e. The molecule has 39 nitrogen and oxygen atoms in total. The molecule has 8 N–H and O–H groups in total. The number of nitrogens with one attached hydrogen (secondary N) is 8. The van der Waals surface area contributed by atoms with Crippen LogP contribution in [0.25, 0.3) is 22.6 Å². The summed E-state index contributed by atoms with van der Waals surface area (Å²) in [5.41, 5.74) is 11.4. The first-order chi connectivity index (χ1) is 71.0. The topological polar surface area (TPSA) is 467 Å². The molecule has 0 saturated carbocycles. The van der Waals surface area contributed by atoms with E-state index in [2.05, 4.69) is 261 Å². The van der Waals surface area contributed by atoms with E-state index in [4.69, 9.17) is 77.4 Å². The van der Waals surface area contributed by atoms with Gasteiger partial charge in [0.25, 0.3) is 0 Å². The Balaban J connectivity index is 0.000000135. The first-order valence-corrected chi connectivity index (χ1v) is 50.8. The van der Waals surface area contributed by atoms with E-state index >= 15 is 0 Å². The molecule has 0 atom stereocenters. The molecule has 0 amide bonds. The number of piperidine rings is 4. The Morgan fingerprint density at radius 2 is 0.635 bits per heavy atom. The van der Waals surface area contributed by atoms with Crippen LogP contribution in [0.4, 0.5) is 93.1 Å². The van der Waals surface area contributed by atoms with E-state index < -0.39 is 0 Å². The summed E-state index contributed by atoms with van der Waals surface area (Å²) in [6, 6.07) is 39.5. The second kappa shape index (κ2) is 45.9. The van der Waals surface area contributed by atoms with Gasteiger partial charge in [0.2, 0.25) is 23.8 Å². The van der Waals surface area contributed by atoms with Gasteiger partial charge in [0.15, 0.2) is 46.1 Å². The third-order valence-electron chi connectivity index (χ3n) is 24.8. The van der Waals surface area contributed by atoms with Gasteiger partial charge >= 0.3 is 0 Å². The van der Waals surface area contributed by atoms with E-state index in [0.29, 0.717) is 89.5 Å². The lowest BCUT2D eigenvalue weighted by atomic mass is 9.91. The molecule has 4 aliphatic heterocycles. The standard InChI is InChI=1S/2C27H30ClN9.C26H29ClN10.C25H28ClN11/c1-27(2,3)12-21-17-37-16-20(5-7-24(37)32-21)34-26-31-15-22(28)25(35-26)33-19-8-10-36(11-9-19)23-6-4-18(13-29)14-30-23;1-27(2,3)13-21-17-37-11-8-20(12-24(37)32-21)34-26-31-16-22(28)25(35-26)33-19-6-9-36(10-7-19)23-5-4-18(14-29)15-30-23;1-26(2,3)13-23-35-34-22-12-19(8-11-37(22)23)32-25-30-16-20(27)24(33-25)31-18-6-9-36(10-7-18)21-5-4-17(14-28)15-29-21;1-25(2,3)13-22-35-34-21-12-17(8-11-37(21)22)30-24-28-15-19(26)23(31-24)29-16-6-9-36(10-7-16)20-5-4-18(14-27)32-33-20/h4-7,14-17,19H,8-12H2,1-3H3,(H2,31,33,34,35);4-5,8,11-12,15-17,19H,6-7,9-10,13H2,1-3H3,(H2,31,33,34,35);4-5,8,11-12,15-16,18H,6-7,9-10,13H2,1-3H3,(H2,30,31,32,33);4-5,8,11-12,15-16H,6-7,9-10,13H2,1-3H3,(H2,28,29,30,31). The highest BCUT2D eigenvalue weighted by Crippen LogP contribution is 2.36. The molecule has 148 heavy (non-hydrogen) atoms. The van der Waals surface area contributed by atoms with Gasteiger partial charge in [-0.1, -0.05) is 129 Å². The van der Waals surface area contributed by atoms with Crippen LogP contribution in [0.3, 0.4) is 0 Å². The summed E-state index contributed by atoms with van der Waals surface area (Å²) in [4.78, 5) is 67.5. The maximum absolute atomic E-state index is 8.97. The van der Waals surface area contributed by atoms with Gasteiger partial charge in [0.1, 0.15) is 84.8 Å². The quantitative estimate of drug-likeness (QED) is 0.0278. The van der Waals surface area contributed by atoms with Gasteiger partial charge in [0, 0.05) is 180 Å². The molecule has 0 unspecified atom stereocenters. The van der Waals surface area contributed by atoms with Crippen molar-refractivity contribution in [3.8, 4) is 24.3 Å². The predicted molar refractivity (Wildman–Crippen MR) is 579 cm³/mol. The van der Waals surface area contributed by atoms with Crippen LogP contribution in [0.1, 0.15) is 180 Å². The van der Waals surface area contributed by atoms with Crippen LogP contribution in [0.15, 0.2) is 178 Å². The fourth-order valence-corrected chi connectivity index (χ4v) is 18.2. The number of hydrogen-bond acceptors (Lipinski definition) is 35. The van der Waals surface area contributed by atoms with E-state index in [1.807, 2.05) is 121 Å². The molecule has 4 fully saturated rings. The summed E-state index contributed by atoms with van der Waals surface area (Å²) >= 11 is 25.7. The Kier molecular flexibility index (Phi) is 32.1. The highest BCUT2D eigenvalue weighted by molar-refractivity contribution is 6.34. The van der Waals surface area contributed by atoms with Gasteiger partial charge in [-0.3, -0.25) is 8.80 Å². The lowest BCUT2D eigenvalue weighted by Crippen LogP contribution is -2.39. The molecule has 4 aliphatic rings. The largest absolute Gasteiger partial charge is 0.366 e. The lowest BCUT2D eigenvalue weighted by molar-refractivity contribution is 0.398. The molecule has 4 saturated heterocycles. The minimum atomic E-state index is 0.120. The molecule has 16 aromatic heterocycles. The van der Waals surface area contributed by atoms with E-state index in [1.54, 1.807) is 67.6 Å². The second-order valence-electron chi connectivity index (χ2n) is 41.9. The second-order valence-corrected chi connectivity index (χ2v) is 43.5. The zero-order chi connectivity index (χ0) is 104. The van der Waals surface area contributed by atoms with Crippen LogP contribution in [0, 0.1) is 67.0 Å². The molecule has 20 rings (SSSR count). The molecule has 760 valence electrons. The highest BCUT2D eigenvalue weighted by atomic mass is 35.5. The fraction of sp³-hybridized carbons (Fsp3) is 0.381. The minimum absolute atomic E-state index is 0.120. The van der Waals surface area contributed by atoms with Crippen LogP contribution >= 0.6 is 46.4 Å². The van der Waals surface area contributed by atoms with Crippen molar-refractivity contribution in [2.75, 3.05) is 114 Å². The van der Waals surface area contributed by atoms with Crippen molar-refractivity contribution in [2.45, 2.75) is 184 Å². The lowest BCUT2D eigenvalue weighted by Gasteiger charge is -2.33. The number of hydrogen-bond donors (Lipinski definition) is 8. The number of imidazole rings is 2. The van der Waals surface area contributed by atoms with Gasteiger partial charge < -0.3 is 70.9 Å². The van der Waals surface area contributed by atoms with Crippen LogP contribution in [0.5, 0.6) is 0 Å². The Bertz CT molecular complexity index is 6760. The molecule has 20 heterocycles. The molecular weight excluding hydrogens is 1950 g/mol. The van der Waals surface area contributed by atoms with Crippen molar-refractivity contribution >= 4 is 162 Å². The van der Waals surface area contributed by atoms with E-state index in [9.17, 15) is 0 Å². The van der Waals surface area contributed by atoms with Crippen molar-refractivity contribution in [1.29, 1.82) is 21.0 Å². The number of fused-ring (bicyclic) bond motifs is 4. The average Bonchev–Trinajstić information content (AvgIpc) is 1.68. The van der Waals surface area contributed by atoms with Crippen LogP contribution in [-0.2, 0) is 25.7 Å². The molecule has 43 heteroatoms. The first-order valence-electron chi connectivity index (χ1n) is 49.3. The average molecular weight is 2070 g/mol. The monoisotopic (exact) mass is 2060 g/mol. The van der Waals surface area contributed by atoms with Gasteiger partial charge in [-0.2, -0.15) is 41.0 Å². The van der Waals surface area contributed by atoms with Crippen molar-refractivity contribution in [3.63, 3.8) is 0 Å². The zero-order valence-electron chi connectivity index (χ0n) is 84.6. The maximum atomic E-state index is 8.97. The zero-order valence-corrected chi connectivity index (χ0v) is 87.6. The summed E-state index contributed by atoms with van der Waals surface area (Å²) in [5, 5.41) is 90.2. The fourth-order valence-electron chi connectivity index (χ4n) is 17.6. The SMILES string of the molecule is CC(C)(C)Cc1cn2cc(Nc3ncc(Cl)c(NC4CCN(c5ccc(C#N)cn5)CC4)n3)ccc2n1.CC(C)(C)Cc1cn2ccc(Nc3ncc(Cl)c(NC4CCN(c5ccc(C#N)cn5)CC4)n3)cc2n1.CC(C)(C)Cc1nnc2cc(Nc3ncc(Cl)c(NC4CCN(c5ccc(C#N)cn5)CC4)n3)ccn12.CC(C)(C)Cc1nnc2cc(Nc3ncc(Cl)c(NC4CCN(c5ccc(C#N)nn5)CC4)n3)ccn12. The van der Waals surface area contributed by atoms with E-state index in [1.165, 1.54) is 0 Å². The van der Waals surface area contributed by atoms with Crippen molar-refractivity contribution in [2.24, 2.45) is 21.7 Å². The van der Waals surface area contributed by atoms with E-state index in [-0.39, 0.29) is 45.8 Å². The predicted octanol–water partition coefficient (Wildman–Crippen LogP) is 20.0. The summed E-state index contributed by atoms with van der Waals surface area (Å²) < 4.78 is 8.06. The molecule has 0 radical (unpaired) electrons. The number of halogens is 4. The Labute approximate surface area is 878 Å². The van der Waals surface area contributed by atoms with Crippen molar-refractivity contribution < 1.29 is 0 Å². The van der Waals surface area contributed by atoms with Crippen LogP contribution < -0.4 is 62.1 Å². The third-order valence-corrected chi connectivity index (χ3v) is 25.9. The summed E-state index contributed by atoms with van der Waals surface area (Å²) in [7, 11) is 0. The number of pyridine rings is 7. The molecule has 0 spiro atoms. The number of aromatic nitrogens is 23. The molecular formula is C105H117Cl4N39. The highest BCUT2D eigenvalue weighted by Gasteiger charge is 2.30. The molecule has 0 aromatic carbocycles. The maximum Gasteiger partial charge on any atom is 0.229 e. The number of nitrogens with zero attached hydrogens (tertiary/aromatic N) is 31. The van der Waals surface area contributed by atoms with E-state index in [0.717, 1.165) is 221 Å². The minimum Gasteiger partial charge on any atom is -0.366 e. The molecule has 0 bridgehead atoms. The Morgan fingerprint density at radius 1 is 0.304 bits per heavy atom. The number of nitriles is 4. The Morgan fingerprint density at radius 3 is 0.966 bits per heavy atom. The summed E-state index contributed by atoms with van der Waals surface area (Å²) in [6.07, 6.45) is 34.0. The van der Waals surface area contributed by atoms with Gasteiger partial charge in [-0.05, 0) is 165 Å². The molecule has 16 aromatic rings. The van der Waals surface area contributed by atoms with Gasteiger partial charge in [-0.15, -0.1) is 30.6 Å². The number of anilines is 16. The van der Waals surface area contributed by atoms with Crippen molar-refractivity contribution in [3.05, 3.63) is 243 Å². The Hall–Kier alpha value is -15.8. The summed E-state index contributed by atoms with van der Waals surface area (Å²) in [6.45, 7) is 33.1. The van der Waals surface area contributed by atoms with Crippen LogP contribution in [0.2, 0.25) is 20.1 Å². The first kappa shape index (κ1) is 104. The molecule has 0 aliphatic carbocycles. The summed E-state index contributed by atoms with van der Waals surface area (Å²) in [5.74, 6) is 9.57. The van der Waals surface area contributed by atoms with Gasteiger partial charge in [0.05, 0.1) is 58.6 Å². The van der Waals surface area contributed by atoms with Crippen molar-refractivity contribution in [1.82, 2.24) is 113 Å².